The second-order valence-electron chi connectivity index (χ2n) is 5.51. The topological polar surface area (TPSA) is 73.0 Å². The minimum absolute atomic E-state index is 0.0659. The molecule has 1 aliphatic heterocycles. The Morgan fingerprint density at radius 1 is 1.21 bits per heavy atom. The summed E-state index contributed by atoms with van der Waals surface area (Å²) in [5.41, 5.74) is 0.0817. The van der Waals surface area contributed by atoms with Gasteiger partial charge in [-0.3, -0.25) is 0 Å². The van der Waals surface area contributed by atoms with Gasteiger partial charge in [0.2, 0.25) is 5.82 Å². The number of nitriles is 1. The van der Waals surface area contributed by atoms with Gasteiger partial charge in [0.1, 0.15) is 11.9 Å². The molecule has 3 rings (SSSR count). The Bertz CT molecular complexity index is 783. The molecule has 0 saturated carbocycles. The second kappa shape index (κ2) is 6.09. The van der Waals surface area contributed by atoms with Crippen molar-refractivity contribution in [2.75, 3.05) is 18.0 Å². The molecule has 1 unspecified atom stereocenters. The zero-order valence-electron chi connectivity index (χ0n) is 12.5. The molecule has 1 aromatic carbocycles. The van der Waals surface area contributed by atoms with Gasteiger partial charge in [-0.1, -0.05) is 12.1 Å². The number of hydrogen-bond acceptors (Lipinski definition) is 5. The predicted octanol–water partition coefficient (Wildman–Crippen LogP) is 2.61. The smallest absolute Gasteiger partial charge is 0.391 e. The molecule has 124 valence electrons. The SMILES string of the molecule is N#Cc1nc(-c2ccc(C(F)(F)F)cc2)cc(N2CCC(O)C2)n1. The molecule has 1 aliphatic rings. The lowest BCUT2D eigenvalue weighted by atomic mass is 10.1. The Labute approximate surface area is 136 Å². The van der Waals surface area contributed by atoms with Crippen LogP contribution in [0.5, 0.6) is 0 Å². The summed E-state index contributed by atoms with van der Waals surface area (Å²) in [7, 11) is 0. The number of aliphatic hydroxyl groups is 1. The van der Waals surface area contributed by atoms with E-state index in [2.05, 4.69) is 9.97 Å². The largest absolute Gasteiger partial charge is 0.416 e. The van der Waals surface area contributed by atoms with Gasteiger partial charge in [0, 0.05) is 24.7 Å². The highest BCUT2D eigenvalue weighted by atomic mass is 19.4. The van der Waals surface area contributed by atoms with E-state index in [-0.39, 0.29) is 5.82 Å². The molecule has 1 fully saturated rings. The van der Waals surface area contributed by atoms with E-state index in [1.54, 1.807) is 6.07 Å². The third kappa shape index (κ3) is 3.31. The minimum atomic E-state index is -4.40. The molecule has 24 heavy (non-hydrogen) atoms. The fourth-order valence-electron chi connectivity index (χ4n) is 2.57. The fourth-order valence-corrected chi connectivity index (χ4v) is 2.57. The van der Waals surface area contributed by atoms with E-state index >= 15 is 0 Å². The van der Waals surface area contributed by atoms with Gasteiger partial charge < -0.3 is 10.0 Å². The average Bonchev–Trinajstić information content (AvgIpc) is 3.00. The van der Waals surface area contributed by atoms with Gasteiger partial charge in [-0.05, 0) is 18.6 Å². The molecule has 1 N–H and O–H groups in total. The molecule has 2 heterocycles. The van der Waals surface area contributed by atoms with Crippen LogP contribution in [0, 0.1) is 11.3 Å². The Balaban J connectivity index is 1.97. The first-order chi connectivity index (χ1) is 11.4. The lowest BCUT2D eigenvalue weighted by Gasteiger charge is -2.17. The van der Waals surface area contributed by atoms with Crippen molar-refractivity contribution in [3.63, 3.8) is 0 Å². The van der Waals surface area contributed by atoms with Crippen molar-refractivity contribution < 1.29 is 18.3 Å². The van der Waals surface area contributed by atoms with Crippen LogP contribution in [-0.2, 0) is 6.18 Å². The molecule has 1 atom stereocenters. The maximum Gasteiger partial charge on any atom is 0.416 e. The highest BCUT2D eigenvalue weighted by Gasteiger charge is 2.30. The van der Waals surface area contributed by atoms with Crippen LogP contribution < -0.4 is 4.90 Å². The Kier molecular flexibility index (Phi) is 4.11. The highest BCUT2D eigenvalue weighted by molar-refractivity contribution is 5.64. The standard InChI is InChI=1S/C16H13F3N4O/c17-16(18,19)11-3-1-10(2-4-11)13-7-15(22-14(8-20)21-13)23-6-5-12(24)9-23/h1-4,7,12,24H,5-6,9H2. The first-order valence-electron chi connectivity index (χ1n) is 7.26. The molecule has 0 aliphatic carbocycles. The van der Waals surface area contributed by atoms with Crippen molar-refractivity contribution >= 4 is 5.82 Å². The van der Waals surface area contributed by atoms with Crippen molar-refractivity contribution in [3.05, 3.63) is 41.7 Å². The van der Waals surface area contributed by atoms with Gasteiger partial charge in [-0.2, -0.15) is 18.4 Å². The van der Waals surface area contributed by atoms with E-state index in [1.165, 1.54) is 12.1 Å². The molecule has 0 amide bonds. The maximum atomic E-state index is 12.6. The molecule has 2 aromatic rings. The quantitative estimate of drug-likeness (QED) is 0.914. The van der Waals surface area contributed by atoms with Crippen molar-refractivity contribution in [2.24, 2.45) is 0 Å². The lowest BCUT2D eigenvalue weighted by molar-refractivity contribution is -0.137. The Morgan fingerprint density at radius 3 is 2.46 bits per heavy atom. The summed E-state index contributed by atoms with van der Waals surface area (Å²) in [6.07, 6.45) is -4.26. The minimum Gasteiger partial charge on any atom is -0.391 e. The number of alkyl halides is 3. The van der Waals surface area contributed by atoms with E-state index in [9.17, 15) is 18.3 Å². The van der Waals surface area contributed by atoms with Crippen molar-refractivity contribution in [1.82, 2.24) is 9.97 Å². The second-order valence-corrected chi connectivity index (χ2v) is 5.51. The molecule has 1 aromatic heterocycles. The zero-order valence-corrected chi connectivity index (χ0v) is 12.5. The zero-order chi connectivity index (χ0) is 17.3. The molecule has 0 radical (unpaired) electrons. The number of hydrogen-bond donors (Lipinski definition) is 1. The summed E-state index contributed by atoms with van der Waals surface area (Å²) in [5, 5.41) is 18.7. The average molecular weight is 334 g/mol. The van der Waals surface area contributed by atoms with E-state index in [1.807, 2.05) is 11.0 Å². The van der Waals surface area contributed by atoms with Gasteiger partial charge in [0.05, 0.1) is 17.4 Å². The van der Waals surface area contributed by atoms with Crippen LogP contribution in [0.4, 0.5) is 19.0 Å². The summed E-state index contributed by atoms with van der Waals surface area (Å²) >= 11 is 0. The molecule has 1 saturated heterocycles. The Morgan fingerprint density at radius 2 is 1.92 bits per heavy atom. The third-order valence-corrected chi connectivity index (χ3v) is 3.81. The van der Waals surface area contributed by atoms with Crippen LogP contribution in [0.3, 0.4) is 0 Å². The van der Waals surface area contributed by atoms with E-state index in [4.69, 9.17) is 5.26 Å². The number of benzene rings is 1. The van der Waals surface area contributed by atoms with E-state index < -0.39 is 17.8 Å². The fraction of sp³-hybridized carbons (Fsp3) is 0.312. The van der Waals surface area contributed by atoms with Crippen LogP contribution in [0.1, 0.15) is 17.8 Å². The lowest BCUT2D eigenvalue weighted by Crippen LogP contribution is -2.22. The van der Waals surface area contributed by atoms with Gasteiger partial charge in [-0.25, -0.2) is 9.97 Å². The molecule has 8 heteroatoms. The summed E-state index contributed by atoms with van der Waals surface area (Å²) < 4.78 is 37.9. The summed E-state index contributed by atoms with van der Waals surface area (Å²) in [6, 6.07) is 8.05. The summed E-state index contributed by atoms with van der Waals surface area (Å²) in [6.45, 7) is 0.990. The van der Waals surface area contributed by atoms with Crippen LogP contribution in [-0.4, -0.2) is 34.3 Å². The van der Waals surface area contributed by atoms with Gasteiger partial charge in [0.15, 0.2) is 0 Å². The molecule has 0 bridgehead atoms. The third-order valence-electron chi connectivity index (χ3n) is 3.81. The predicted molar refractivity (Wildman–Crippen MR) is 80.0 cm³/mol. The van der Waals surface area contributed by atoms with Gasteiger partial charge in [-0.15, -0.1) is 0 Å². The molecular weight excluding hydrogens is 321 g/mol. The number of halogens is 3. The normalized spacial score (nSPS) is 17.8. The van der Waals surface area contributed by atoms with Crippen LogP contribution in [0.15, 0.2) is 30.3 Å². The molecule has 0 spiro atoms. The number of β-amino-alcohol motifs (C(OH)–C–C–N with tert-alkyl or cyclic N) is 1. The number of aromatic nitrogens is 2. The number of aliphatic hydroxyl groups excluding tert-OH is 1. The maximum absolute atomic E-state index is 12.6. The molecule has 5 nitrogen and oxygen atoms in total. The molecular formula is C16H13F3N4O. The monoisotopic (exact) mass is 334 g/mol. The Hall–Kier alpha value is -2.66. The van der Waals surface area contributed by atoms with Crippen LogP contribution >= 0.6 is 0 Å². The first kappa shape index (κ1) is 16.2. The van der Waals surface area contributed by atoms with E-state index in [0.717, 1.165) is 12.1 Å². The van der Waals surface area contributed by atoms with Gasteiger partial charge in [0.25, 0.3) is 0 Å². The van der Waals surface area contributed by atoms with Gasteiger partial charge >= 0.3 is 6.18 Å². The summed E-state index contributed by atoms with van der Waals surface area (Å²) in [5.74, 6) is 0.414. The van der Waals surface area contributed by atoms with Crippen LogP contribution in [0.2, 0.25) is 0 Å². The van der Waals surface area contributed by atoms with Crippen molar-refractivity contribution in [2.45, 2.75) is 18.7 Å². The number of nitrogens with zero attached hydrogens (tertiary/aromatic N) is 4. The van der Waals surface area contributed by atoms with E-state index in [0.29, 0.717) is 36.6 Å². The van der Waals surface area contributed by atoms with Crippen molar-refractivity contribution in [3.8, 4) is 17.3 Å². The first-order valence-corrected chi connectivity index (χ1v) is 7.26. The van der Waals surface area contributed by atoms with Crippen molar-refractivity contribution in [1.29, 1.82) is 5.26 Å². The van der Waals surface area contributed by atoms with Crippen LogP contribution in [0.25, 0.3) is 11.3 Å². The summed E-state index contributed by atoms with van der Waals surface area (Å²) in [4.78, 5) is 10.00. The number of anilines is 1. The highest BCUT2D eigenvalue weighted by Crippen LogP contribution is 2.31. The number of rotatable bonds is 2.